The van der Waals surface area contributed by atoms with Crippen LogP contribution in [0.5, 0.6) is 0 Å². The van der Waals surface area contributed by atoms with Crippen LogP contribution in [0.2, 0.25) is 0 Å². The van der Waals surface area contributed by atoms with Gasteiger partial charge < -0.3 is 9.47 Å². The molecule has 11 rings (SSSR count). The summed E-state index contributed by atoms with van der Waals surface area (Å²) in [5.74, 6) is 0. The highest BCUT2D eigenvalue weighted by Gasteiger charge is 2.21. The summed E-state index contributed by atoms with van der Waals surface area (Å²) in [7, 11) is 0. The van der Waals surface area contributed by atoms with Gasteiger partial charge in [0.2, 0.25) is 0 Å². The Morgan fingerprint density at radius 2 is 0.833 bits per heavy atom. The molecule has 0 saturated carbocycles. The molecule has 0 amide bonds. The quantitative estimate of drug-likeness (QED) is 0.164. The minimum atomic E-state index is 1.11. The number of anilines is 3. The van der Waals surface area contributed by atoms with Crippen molar-refractivity contribution in [1.29, 1.82) is 0 Å². The van der Waals surface area contributed by atoms with E-state index in [-0.39, 0.29) is 0 Å². The average Bonchev–Trinajstić information content (AvgIpc) is 3.59. The number of para-hydroxylation sites is 2. The van der Waals surface area contributed by atoms with Crippen LogP contribution in [0.4, 0.5) is 17.1 Å². The lowest BCUT2D eigenvalue weighted by molar-refractivity contribution is 1.18. The van der Waals surface area contributed by atoms with Gasteiger partial charge in [-0.2, -0.15) is 0 Å². The van der Waals surface area contributed by atoms with E-state index in [1.54, 1.807) is 0 Å². The third-order valence-electron chi connectivity index (χ3n) is 11.1. The molecule has 0 radical (unpaired) electrons. The van der Waals surface area contributed by atoms with Crippen molar-refractivity contribution in [3.05, 3.63) is 206 Å². The SMILES string of the molecule is c1ccc(-n2c3ccccc3c3c(N(c4ccc(-c5ccc6ccc7ccccc7c6c5)cc4)c4ccc5ccc6ccccc6c5c4)cccc32)cc1. The molecule has 11 aromatic rings. The van der Waals surface area contributed by atoms with Crippen molar-refractivity contribution < 1.29 is 0 Å². The second-order valence-electron chi connectivity index (χ2n) is 14.2. The van der Waals surface area contributed by atoms with Gasteiger partial charge in [0.15, 0.2) is 0 Å². The number of rotatable bonds is 5. The van der Waals surface area contributed by atoms with Gasteiger partial charge in [-0.3, -0.25) is 0 Å². The molecule has 2 heteroatoms. The Labute approximate surface area is 313 Å². The van der Waals surface area contributed by atoms with Gasteiger partial charge in [0.25, 0.3) is 0 Å². The van der Waals surface area contributed by atoms with Gasteiger partial charge in [0.1, 0.15) is 0 Å². The smallest absolute Gasteiger partial charge is 0.0562 e. The fraction of sp³-hybridized carbons (Fsp3) is 0. The summed E-state index contributed by atoms with van der Waals surface area (Å²) in [6.07, 6.45) is 0. The van der Waals surface area contributed by atoms with E-state index in [0.29, 0.717) is 0 Å². The predicted molar refractivity (Wildman–Crippen MR) is 231 cm³/mol. The van der Waals surface area contributed by atoms with Crippen LogP contribution in [-0.4, -0.2) is 4.57 Å². The molecule has 0 saturated heterocycles. The molecular formula is C52H34N2. The zero-order valence-electron chi connectivity index (χ0n) is 29.5. The normalized spacial score (nSPS) is 11.7. The molecule has 0 fully saturated rings. The Morgan fingerprint density at radius 1 is 0.315 bits per heavy atom. The van der Waals surface area contributed by atoms with E-state index in [1.165, 1.54) is 76.0 Å². The molecule has 0 aliphatic rings. The van der Waals surface area contributed by atoms with Crippen LogP contribution in [0.15, 0.2) is 206 Å². The molecule has 0 aliphatic carbocycles. The van der Waals surface area contributed by atoms with Gasteiger partial charge in [-0.15, -0.1) is 0 Å². The second-order valence-corrected chi connectivity index (χ2v) is 14.2. The third kappa shape index (κ3) is 4.81. The molecule has 252 valence electrons. The average molecular weight is 687 g/mol. The lowest BCUT2D eigenvalue weighted by Gasteiger charge is -2.27. The van der Waals surface area contributed by atoms with Crippen LogP contribution in [0.3, 0.4) is 0 Å². The first kappa shape index (κ1) is 30.5. The van der Waals surface area contributed by atoms with Crippen LogP contribution in [0.25, 0.3) is 81.7 Å². The highest BCUT2D eigenvalue weighted by molar-refractivity contribution is 6.17. The predicted octanol–water partition coefficient (Wildman–Crippen LogP) is 14.5. The first-order valence-electron chi connectivity index (χ1n) is 18.6. The summed E-state index contributed by atoms with van der Waals surface area (Å²) in [6.45, 7) is 0. The fourth-order valence-corrected chi connectivity index (χ4v) is 8.58. The molecule has 0 bridgehead atoms. The first-order chi connectivity index (χ1) is 26.8. The Balaban J connectivity index is 1.14. The molecule has 0 atom stereocenters. The van der Waals surface area contributed by atoms with Crippen molar-refractivity contribution >= 4 is 82.0 Å². The molecule has 1 aromatic heterocycles. The van der Waals surface area contributed by atoms with Crippen LogP contribution < -0.4 is 4.90 Å². The highest BCUT2D eigenvalue weighted by atomic mass is 15.1. The maximum atomic E-state index is 2.45. The molecule has 2 nitrogen and oxygen atoms in total. The van der Waals surface area contributed by atoms with Gasteiger partial charge in [-0.25, -0.2) is 0 Å². The van der Waals surface area contributed by atoms with Crippen molar-refractivity contribution in [2.75, 3.05) is 4.90 Å². The van der Waals surface area contributed by atoms with Crippen molar-refractivity contribution in [2.24, 2.45) is 0 Å². The maximum Gasteiger partial charge on any atom is 0.0562 e. The van der Waals surface area contributed by atoms with Crippen molar-refractivity contribution in [2.45, 2.75) is 0 Å². The second kappa shape index (κ2) is 12.2. The van der Waals surface area contributed by atoms with Gasteiger partial charge in [-0.05, 0) is 115 Å². The molecule has 0 spiro atoms. The highest BCUT2D eigenvalue weighted by Crippen LogP contribution is 2.45. The van der Waals surface area contributed by atoms with Gasteiger partial charge in [0.05, 0.1) is 16.7 Å². The van der Waals surface area contributed by atoms with E-state index in [2.05, 4.69) is 216 Å². The van der Waals surface area contributed by atoms with Gasteiger partial charge >= 0.3 is 0 Å². The number of aromatic nitrogens is 1. The lowest BCUT2D eigenvalue weighted by Crippen LogP contribution is -2.10. The number of hydrogen-bond acceptors (Lipinski definition) is 1. The van der Waals surface area contributed by atoms with E-state index < -0.39 is 0 Å². The van der Waals surface area contributed by atoms with Crippen LogP contribution in [0.1, 0.15) is 0 Å². The van der Waals surface area contributed by atoms with E-state index in [9.17, 15) is 0 Å². The van der Waals surface area contributed by atoms with Gasteiger partial charge in [0, 0.05) is 27.8 Å². The topological polar surface area (TPSA) is 8.17 Å². The maximum absolute atomic E-state index is 2.45. The minimum absolute atomic E-state index is 1.11. The summed E-state index contributed by atoms with van der Waals surface area (Å²) < 4.78 is 2.40. The van der Waals surface area contributed by atoms with Crippen LogP contribution in [0, 0.1) is 0 Å². The third-order valence-corrected chi connectivity index (χ3v) is 11.1. The number of hydrogen-bond donors (Lipinski definition) is 0. The van der Waals surface area contributed by atoms with Gasteiger partial charge in [-0.1, -0.05) is 146 Å². The summed E-state index contributed by atoms with van der Waals surface area (Å²) >= 11 is 0. The largest absolute Gasteiger partial charge is 0.310 e. The Hall–Kier alpha value is -7.16. The molecule has 0 unspecified atom stereocenters. The minimum Gasteiger partial charge on any atom is -0.310 e. The zero-order chi connectivity index (χ0) is 35.6. The number of benzene rings is 10. The number of nitrogens with zero attached hydrogens (tertiary/aromatic N) is 2. The lowest BCUT2D eigenvalue weighted by atomic mass is 9.97. The first-order valence-corrected chi connectivity index (χ1v) is 18.6. The van der Waals surface area contributed by atoms with E-state index >= 15 is 0 Å². The molecule has 54 heavy (non-hydrogen) atoms. The summed E-state index contributed by atoms with van der Waals surface area (Å²) in [5.41, 5.74) is 9.28. The van der Waals surface area contributed by atoms with Crippen molar-refractivity contribution in [3.63, 3.8) is 0 Å². The van der Waals surface area contributed by atoms with E-state index in [0.717, 1.165) is 22.7 Å². The Morgan fingerprint density at radius 3 is 1.56 bits per heavy atom. The fourth-order valence-electron chi connectivity index (χ4n) is 8.58. The molecular weight excluding hydrogens is 653 g/mol. The molecule has 1 heterocycles. The molecule has 10 aromatic carbocycles. The summed E-state index contributed by atoms with van der Waals surface area (Å²) in [6, 6.07) is 75.4. The van der Waals surface area contributed by atoms with Crippen LogP contribution in [-0.2, 0) is 0 Å². The molecule has 0 aliphatic heterocycles. The zero-order valence-corrected chi connectivity index (χ0v) is 29.5. The van der Waals surface area contributed by atoms with E-state index in [1.807, 2.05) is 0 Å². The Kier molecular flexibility index (Phi) is 6.90. The Bertz CT molecular complexity index is 3210. The molecule has 0 N–H and O–H groups in total. The van der Waals surface area contributed by atoms with Crippen molar-refractivity contribution in [1.82, 2.24) is 4.57 Å². The summed E-state index contributed by atoms with van der Waals surface area (Å²) in [4.78, 5) is 2.45. The van der Waals surface area contributed by atoms with E-state index in [4.69, 9.17) is 0 Å². The monoisotopic (exact) mass is 686 g/mol. The standard InChI is InChI=1S/C52H34N2/c1-2-13-41(14-3-1)54-49-18-9-8-17-46(49)52-50(19-10-20-51(52)54)53(43-32-29-39-24-22-37-12-5-7-16-45(37)48(39)34-43)42-30-27-35(28-31-42)40-26-25-38-23-21-36-11-4-6-15-44(36)47(38)33-40/h1-34H. The van der Waals surface area contributed by atoms with Crippen molar-refractivity contribution in [3.8, 4) is 16.8 Å². The summed E-state index contributed by atoms with van der Waals surface area (Å²) in [5, 5.41) is 12.5. The van der Waals surface area contributed by atoms with Crippen LogP contribution >= 0.6 is 0 Å². The number of fused-ring (bicyclic) bond motifs is 9.